The second kappa shape index (κ2) is 9.51. The van der Waals surface area contributed by atoms with Gasteiger partial charge < -0.3 is 4.57 Å². The lowest BCUT2D eigenvalue weighted by atomic mass is 9.96. The van der Waals surface area contributed by atoms with Gasteiger partial charge in [-0.3, -0.25) is 9.80 Å². The van der Waals surface area contributed by atoms with E-state index in [0.29, 0.717) is 5.69 Å². The Kier molecular flexibility index (Phi) is 6.15. The highest BCUT2D eigenvalue weighted by molar-refractivity contribution is 5.36. The van der Waals surface area contributed by atoms with Gasteiger partial charge in [0, 0.05) is 44.6 Å². The van der Waals surface area contributed by atoms with Gasteiger partial charge in [-0.1, -0.05) is 72.8 Å². The van der Waals surface area contributed by atoms with Crippen LogP contribution < -0.4 is 0 Å². The van der Waals surface area contributed by atoms with Crippen molar-refractivity contribution >= 4 is 0 Å². The molecule has 1 aliphatic rings. The van der Waals surface area contributed by atoms with Gasteiger partial charge in [-0.2, -0.15) is 0 Å². The molecule has 0 amide bonds. The fraction of sp³-hybridized carbons (Fsp3) is 0.214. The number of benzene rings is 3. The predicted octanol–water partition coefficient (Wildman–Crippen LogP) is 5.52. The van der Waals surface area contributed by atoms with Gasteiger partial charge in [-0.25, -0.2) is 4.39 Å². The van der Waals surface area contributed by atoms with E-state index < -0.39 is 0 Å². The first kappa shape index (κ1) is 20.7. The molecule has 5 rings (SSSR count). The van der Waals surface area contributed by atoms with E-state index in [1.165, 1.54) is 17.2 Å². The van der Waals surface area contributed by atoms with E-state index >= 15 is 0 Å². The van der Waals surface area contributed by atoms with Crippen molar-refractivity contribution in [1.82, 2.24) is 14.4 Å². The van der Waals surface area contributed by atoms with Crippen LogP contribution in [0.25, 0.3) is 5.69 Å². The molecule has 1 fully saturated rings. The lowest BCUT2D eigenvalue weighted by Crippen LogP contribution is -2.47. The Morgan fingerprint density at radius 2 is 1.25 bits per heavy atom. The van der Waals surface area contributed by atoms with Crippen LogP contribution in [0.1, 0.15) is 22.9 Å². The van der Waals surface area contributed by atoms with Gasteiger partial charge in [-0.05, 0) is 35.4 Å². The SMILES string of the molecule is Fc1ccccc1-n1cccc1CN1CCN(C(c2ccccc2)c2ccccc2)CC1. The fourth-order valence-electron chi connectivity index (χ4n) is 4.72. The van der Waals surface area contributed by atoms with Crippen LogP contribution >= 0.6 is 0 Å². The van der Waals surface area contributed by atoms with Crippen LogP contribution in [0.3, 0.4) is 0 Å². The third-order valence-corrected chi connectivity index (χ3v) is 6.33. The number of hydrogen-bond acceptors (Lipinski definition) is 2. The molecule has 1 saturated heterocycles. The zero-order valence-corrected chi connectivity index (χ0v) is 18.1. The molecule has 2 heterocycles. The van der Waals surface area contributed by atoms with Crippen LogP contribution in [0.15, 0.2) is 103 Å². The predicted molar refractivity (Wildman–Crippen MR) is 127 cm³/mol. The number of para-hydroxylation sites is 1. The summed E-state index contributed by atoms with van der Waals surface area (Å²) in [7, 11) is 0. The Hall–Kier alpha value is -3.21. The van der Waals surface area contributed by atoms with Gasteiger partial charge in [0.15, 0.2) is 0 Å². The molecule has 0 saturated carbocycles. The Labute approximate surface area is 189 Å². The maximum Gasteiger partial charge on any atom is 0.147 e. The molecule has 0 unspecified atom stereocenters. The Balaban J connectivity index is 1.30. The highest BCUT2D eigenvalue weighted by Crippen LogP contribution is 2.29. The van der Waals surface area contributed by atoms with Crippen molar-refractivity contribution in [1.29, 1.82) is 0 Å². The molecular formula is C28H28FN3. The molecule has 4 aromatic rings. The monoisotopic (exact) mass is 425 g/mol. The maximum atomic E-state index is 14.3. The average molecular weight is 426 g/mol. The summed E-state index contributed by atoms with van der Waals surface area (Å²) in [6.07, 6.45) is 1.95. The topological polar surface area (TPSA) is 11.4 Å². The van der Waals surface area contributed by atoms with Crippen molar-refractivity contribution < 1.29 is 4.39 Å². The number of rotatable bonds is 6. The maximum absolute atomic E-state index is 14.3. The van der Waals surface area contributed by atoms with Crippen molar-refractivity contribution in [3.05, 3.63) is 126 Å². The summed E-state index contributed by atoms with van der Waals surface area (Å²) in [4.78, 5) is 5.05. The van der Waals surface area contributed by atoms with Gasteiger partial charge in [0.1, 0.15) is 5.82 Å². The number of hydrogen-bond donors (Lipinski definition) is 0. The van der Waals surface area contributed by atoms with Crippen LogP contribution in [0.4, 0.5) is 4.39 Å². The molecule has 0 spiro atoms. The summed E-state index contributed by atoms with van der Waals surface area (Å²) in [5.41, 5.74) is 4.40. The highest BCUT2D eigenvalue weighted by atomic mass is 19.1. The van der Waals surface area contributed by atoms with Crippen molar-refractivity contribution in [3.8, 4) is 5.69 Å². The zero-order valence-electron chi connectivity index (χ0n) is 18.1. The van der Waals surface area contributed by atoms with E-state index in [1.54, 1.807) is 6.07 Å². The number of nitrogens with zero attached hydrogens (tertiary/aromatic N) is 3. The van der Waals surface area contributed by atoms with Gasteiger partial charge >= 0.3 is 0 Å². The Morgan fingerprint density at radius 1 is 0.656 bits per heavy atom. The number of aromatic nitrogens is 1. The quantitative estimate of drug-likeness (QED) is 0.403. The Morgan fingerprint density at radius 3 is 1.88 bits per heavy atom. The van der Waals surface area contributed by atoms with Crippen LogP contribution in [0.5, 0.6) is 0 Å². The molecule has 0 radical (unpaired) electrons. The summed E-state index contributed by atoms with van der Waals surface area (Å²) in [6, 6.07) is 32.9. The molecule has 0 atom stereocenters. The summed E-state index contributed by atoms with van der Waals surface area (Å²) in [6.45, 7) is 4.78. The average Bonchev–Trinajstić information content (AvgIpc) is 3.30. The number of halogens is 1. The summed E-state index contributed by atoms with van der Waals surface area (Å²) < 4.78 is 16.3. The van der Waals surface area contributed by atoms with E-state index in [9.17, 15) is 4.39 Å². The van der Waals surface area contributed by atoms with Gasteiger partial charge in [0.05, 0.1) is 11.7 Å². The molecule has 1 aromatic heterocycles. The molecule has 3 aromatic carbocycles. The second-order valence-electron chi connectivity index (χ2n) is 8.36. The third kappa shape index (κ3) is 4.38. The van der Waals surface area contributed by atoms with Crippen LogP contribution in [0.2, 0.25) is 0 Å². The molecule has 4 heteroatoms. The van der Waals surface area contributed by atoms with E-state index in [0.717, 1.165) is 38.4 Å². The fourth-order valence-corrected chi connectivity index (χ4v) is 4.72. The summed E-state index contributed by atoms with van der Waals surface area (Å²) in [5, 5.41) is 0. The highest BCUT2D eigenvalue weighted by Gasteiger charge is 2.26. The first-order valence-electron chi connectivity index (χ1n) is 11.3. The largest absolute Gasteiger partial charge is 0.317 e. The van der Waals surface area contributed by atoms with Crippen LogP contribution in [-0.2, 0) is 6.54 Å². The van der Waals surface area contributed by atoms with Crippen LogP contribution in [-0.4, -0.2) is 40.5 Å². The van der Waals surface area contributed by atoms with Crippen LogP contribution in [0, 0.1) is 5.82 Å². The molecular weight excluding hydrogens is 397 g/mol. The molecule has 0 aliphatic carbocycles. The summed E-state index contributed by atoms with van der Waals surface area (Å²) in [5.74, 6) is -0.191. The standard InChI is InChI=1S/C28H28FN3/c29-26-15-7-8-16-27(26)32-17-9-14-25(32)22-30-18-20-31(21-19-30)28(23-10-3-1-4-11-23)24-12-5-2-6-13-24/h1-17,28H,18-22H2. The van der Waals surface area contributed by atoms with Gasteiger partial charge in [-0.15, -0.1) is 0 Å². The lowest BCUT2D eigenvalue weighted by molar-refractivity contribution is 0.103. The minimum Gasteiger partial charge on any atom is -0.317 e. The third-order valence-electron chi connectivity index (χ3n) is 6.33. The first-order valence-corrected chi connectivity index (χ1v) is 11.3. The molecule has 0 N–H and O–H groups in total. The smallest absolute Gasteiger partial charge is 0.147 e. The lowest BCUT2D eigenvalue weighted by Gasteiger charge is -2.40. The number of piperazine rings is 1. The molecule has 32 heavy (non-hydrogen) atoms. The van der Waals surface area contributed by atoms with Crippen molar-refractivity contribution in [2.75, 3.05) is 26.2 Å². The van der Waals surface area contributed by atoms with E-state index in [-0.39, 0.29) is 11.9 Å². The zero-order chi connectivity index (χ0) is 21.8. The molecule has 1 aliphatic heterocycles. The minimum absolute atomic E-state index is 0.191. The molecule has 3 nitrogen and oxygen atoms in total. The van der Waals surface area contributed by atoms with Crippen molar-refractivity contribution in [2.45, 2.75) is 12.6 Å². The van der Waals surface area contributed by atoms with Gasteiger partial charge in [0.25, 0.3) is 0 Å². The second-order valence-corrected chi connectivity index (χ2v) is 8.36. The first-order chi connectivity index (χ1) is 15.8. The van der Waals surface area contributed by atoms with Gasteiger partial charge in [0.2, 0.25) is 0 Å². The summed E-state index contributed by atoms with van der Waals surface area (Å²) >= 11 is 0. The molecule has 162 valence electrons. The molecule has 0 bridgehead atoms. The minimum atomic E-state index is -0.191. The van der Waals surface area contributed by atoms with Crippen molar-refractivity contribution in [3.63, 3.8) is 0 Å². The van der Waals surface area contributed by atoms with E-state index in [2.05, 4.69) is 76.5 Å². The Bertz CT molecular complexity index is 1090. The normalized spacial score (nSPS) is 15.3. The van der Waals surface area contributed by atoms with E-state index in [4.69, 9.17) is 0 Å². The van der Waals surface area contributed by atoms with Crippen molar-refractivity contribution in [2.24, 2.45) is 0 Å². The van der Waals surface area contributed by atoms with E-state index in [1.807, 2.05) is 29.0 Å².